The second-order valence-electron chi connectivity index (χ2n) is 8.09. The van der Waals surface area contributed by atoms with Crippen molar-refractivity contribution in [1.29, 1.82) is 0 Å². The van der Waals surface area contributed by atoms with Crippen LogP contribution >= 0.6 is 0 Å². The Bertz CT molecular complexity index is 744. The van der Waals surface area contributed by atoms with Gasteiger partial charge in [-0.3, -0.25) is 0 Å². The Labute approximate surface area is 140 Å². The van der Waals surface area contributed by atoms with Crippen molar-refractivity contribution < 1.29 is 13.9 Å². The molecule has 3 nitrogen and oxygen atoms in total. The van der Waals surface area contributed by atoms with Crippen molar-refractivity contribution in [2.75, 3.05) is 0 Å². The number of rotatable bonds is 2. The van der Waals surface area contributed by atoms with Crippen LogP contribution in [0.1, 0.15) is 44.1 Å². The van der Waals surface area contributed by atoms with Gasteiger partial charge < -0.3 is 4.74 Å². The maximum atomic E-state index is 13.3. The predicted octanol–water partition coefficient (Wildman–Crippen LogP) is 4.34. The van der Waals surface area contributed by atoms with E-state index in [2.05, 4.69) is 4.99 Å². The number of benzene rings is 1. The molecule has 0 atom stereocenters. The number of esters is 1. The fourth-order valence-corrected chi connectivity index (χ4v) is 5.76. The third-order valence-electron chi connectivity index (χ3n) is 6.26. The van der Waals surface area contributed by atoms with Gasteiger partial charge in [-0.2, -0.15) is 0 Å². The summed E-state index contributed by atoms with van der Waals surface area (Å²) >= 11 is 0. The Morgan fingerprint density at radius 2 is 1.79 bits per heavy atom. The molecule has 0 unspecified atom stereocenters. The van der Waals surface area contributed by atoms with Gasteiger partial charge in [0.05, 0.1) is 0 Å². The van der Waals surface area contributed by atoms with Crippen molar-refractivity contribution in [3.63, 3.8) is 0 Å². The number of halogens is 1. The summed E-state index contributed by atoms with van der Waals surface area (Å²) in [5.74, 6) is 2.23. The molecule has 4 bridgehead atoms. The number of carbonyl (C=O) groups excluding carboxylic acids is 1. The summed E-state index contributed by atoms with van der Waals surface area (Å²) in [4.78, 5) is 16.8. The lowest BCUT2D eigenvalue weighted by Crippen LogP contribution is -2.50. The third kappa shape index (κ3) is 2.23. The molecule has 1 aromatic carbocycles. The van der Waals surface area contributed by atoms with Crippen LogP contribution in [-0.4, -0.2) is 11.9 Å². The van der Waals surface area contributed by atoms with Crippen LogP contribution in [0, 0.1) is 29.0 Å². The molecule has 0 spiro atoms. The standard InChI is InChI=1S/C20H20FNO2/c21-16-3-1-2-12(7-16)8-17-18(23)24-19(22-17)20-9-13-4-14(10-20)6-15(5-13)11-20/h1-3,7-8,13-15H,4-6,9-11H2/b17-8+. The summed E-state index contributed by atoms with van der Waals surface area (Å²) < 4.78 is 18.9. The summed E-state index contributed by atoms with van der Waals surface area (Å²) in [6.45, 7) is 0. The molecule has 0 radical (unpaired) electrons. The molecular weight excluding hydrogens is 305 g/mol. The minimum atomic E-state index is -0.398. The molecule has 4 aliphatic carbocycles. The minimum Gasteiger partial charge on any atom is -0.406 e. The summed E-state index contributed by atoms with van der Waals surface area (Å²) in [6.07, 6.45) is 8.97. The Balaban J connectivity index is 1.48. The fraction of sp³-hybridized carbons (Fsp3) is 0.500. The second kappa shape index (κ2) is 5.01. The van der Waals surface area contributed by atoms with Crippen LogP contribution in [0.5, 0.6) is 0 Å². The number of cyclic esters (lactones) is 1. The highest BCUT2D eigenvalue weighted by Gasteiger charge is 2.55. The van der Waals surface area contributed by atoms with Gasteiger partial charge in [0.1, 0.15) is 5.82 Å². The predicted molar refractivity (Wildman–Crippen MR) is 88.5 cm³/mol. The molecule has 24 heavy (non-hydrogen) atoms. The molecule has 124 valence electrons. The van der Waals surface area contributed by atoms with Crippen LogP contribution in [0.3, 0.4) is 0 Å². The first-order valence-corrected chi connectivity index (χ1v) is 8.88. The number of hydrogen-bond donors (Lipinski definition) is 0. The van der Waals surface area contributed by atoms with Gasteiger partial charge in [-0.1, -0.05) is 12.1 Å². The van der Waals surface area contributed by atoms with Crippen LogP contribution in [-0.2, 0) is 9.53 Å². The van der Waals surface area contributed by atoms with Crippen LogP contribution in [0.2, 0.25) is 0 Å². The zero-order valence-corrected chi connectivity index (χ0v) is 13.5. The largest absolute Gasteiger partial charge is 0.406 e. The minimum absolute atomic E-state index is 0.0259. The van der Waals surface area contributed by atoms with Crippen molar-refractivity contribution in [2.45, 2.75) is 38.5 Å². The van der Waals surface area contributed by atoms with Crippen molar-refractivity contribution in [1.82, 2.24) is 0 Å². The number of hydrogen-bond acceptors (Lipinski definition) is 3. The highest BCUT2D eigenvalue weighted by atomic mass is 19.1. The molecule has 0 aromatic heterocycles. The molecule has 5 aliphatic rings. The van der Waals surface area contributed by atoms with Gasteiger partial charge >= 0.3 is 5.97 Å². The quantitative estimate of drug-likeness (QED) is 0.599. The topological polar surface area (TPSA) is 38.7 Å². The maximum absolute atomic E-state index is 13.3. The molecule has 0 amide bonds. The lowest BCUT2D eigenvalue weighted by atomic mass is 9.49. The first kappa shape index (κ1) is 14.4. The van der Waals surface area contributed by atoms with E-state index < -0.39 is 5.97 Å². The zero-order chi connectivity index (χ0) is 16.3. The lowest BCUT2D eigenvalue weighted by molar-refractivity contribution is -0.131. The third-order valence-corrected chi connectivity index (χ3v) is 6.26. The summed E-state index contributed by atoms with van der Waals surface area (Å²) in [5, 5.41) is 0. The van der Waals surface area contributed by atoms with Crippen LogP contribution < -0.4 is 0 Å². The van der Waals surface area contributed by atoms with Crippen molar-refractivity contribution in [3.05, 3.63) is 41.3 Å². The van der Waals surface area contributed by atoms with Gasteiger partial charge in [0.25, 0.3) is 0 Å². The number of aliphatic imine (C=N–C) groups is 1. The lowest BCUT2D eigenvalue weighted by Gasteiger charge is -2.55. The maximum Gasteiger partial charge on any atom is 0.363 e. The van der Waals surface area contributed by atoms with Crippen molar-refractivity contribution in [2.24, 2.45) is 28.2 Å². The summed E-state index contributed by atoms with van der Waals surface area (Å²) in [7, 11) is 0. The van der Waals surface area contributed by atoms with E-state index in [9.17, 15) is 9.18 Å². The van der Waals surface area contributed by atoms with Gasteiger partial charge in [-0.05, 0) is 80.1 Å². The highest BCUT2D eigenvalue weighted by molar-refractivity contribution is 6.09. The van der Waals surface area contributed by atoms with E-state index in [1.54, 1.807) is 18.2 Å². The smallest absolute Gasteiger partial charge is 0.363 e. The average Bonchev–Trinajstić information content (AvgIpc) is 2.88. The molecule has 1 aromatic rings. The molecule has 4 heteroatoms. The normalized spacial score (nSPS) is 38.5. The van der Waals surface area contributed by atoms with E-state index >= 15 is 0 Å². The number of nitrogens with zero attached hydrogens (tertiary/aromatic N) is 1. The highest BCUT2D eigenvalue weighted by Crippen LogP contribution is 2.61. The van der Waals surface area contributed by atoms with Gasteiger partial charge in [0.2, 0.25) is 5.90 Å². The Morgan fingerprint density at radius 1 is 1.12 bits per heavy atom. The van der Waals surface area contributed by atoms with Crippen molar-refractivity contribution >= 4 is 17.9 Å². The number of carbonyl (C=O) groups is 1. The SMILES string of the molecule is O=C1OC(C23CC4CC(CC(C4)C2)C3)=N/C1=C/c1cccc(F)c1. The first-order valence-electron chi connectivity index (χ1n) is 8.88. The van der Waals surface area contributed by atoms with E-state index in [4.69, 9.17) is 4.74 Å². The van der Waals surface area contributed by atoms with E-state index in [1.807, 2.05) is 0 Å². The Hall–Kier alpha value is -1.97. The van der Waals surface area contributed by atoms with Gasteiger partial charge in [-0.25, -0.2) is 14.2 Å². The first-order chi connectivity index (χ1) is 11.6. The molecule has 1 heterocycles. The van der Waals surface area contributed by atoms with E-state index in [0.29, 0.717) is 17.2 Å². The molecule has 0 saturated heterocycles. The fourth-order valence-electron chi connectivity index (χ4n) is 5.76. The second-order valence-corrected chi connectivity index (χ2v) is 8.09. The van der Waals surface area contributed by atoms with Crippen molar-refractivity contribution in [3.8, 4) is 0 Å². The van der Waals surface area contributed by atoms with Gasteiger partial charge in [0.15, 0.2) is 5.70 Å². The molecule has 4 saturated carbocycles. The Morgan fingerprint density at radius 3 is 2.42 bits per heavy atom. The molecule has 6 rings (SSSR count). The molecule has 1 aliphatic heterocycles. The summed E-state index contributed by atoms with van der Waals surface area (Å²) in [6, 6.07) is 6.19. The summed E-state index contributed by atoms with van der Waals surface area (Å²) in [5.41, 5.74) is 0.908. The van der Waals surface area contributed by atoms with Crippen LogP contribution in [0.15, 0.2) is 35.0 Å². The van der Waals surface area contributed by atoms with Gasteiger partial charge in [-0.15, -0.1) is 0 Å². The van der Waals surface area contributed by atoms with Crippen LogP contribution in [0.4, 0.5) is 4.39 Å². The Kier molecular flexibility index (Phi) is 3.00. The molecular formula is C20H20FNO2. The van der Waals surface area contributed by atoms with E-state index in [1.165, 1.54) is 31.4 Å². The molecule has 4 fully saturated rings. The van der Waals surface area contributed by atoms with Gasteiger partial charge in [0, 0.05) is 5.41 Å². The zero-order valence-electron chi connectivity index (χ0n) is 13.5. The van der Waals surface area contributed by atoms with Crippen LogP contribution in [0.25, 0.3) is 6.08 Å². The monoisotopic (exact) mass is 325 g/mol. The number of ether oxygens (including phenoxy) is 1. The van der Waals surface area contributed by atoms with E-state index in [-0.39, 0.29) is 11.2 Å². The van der Waals surface area contributed by atoms with E-state index in [0.717, 1.165) is 37.0 Å². The molecule has 0 N–H and O–H groups in total. The average molecular weight is 325 g/mol.